The summed E-state index contributed by atoms with van der Waals surface area (Å²) in [6, 6.07) is 6.06. The van der Waals surface area contributed by atoms with Crippen LogP contribution in [0.3, 0.4) is 0 Å². The minimum Gasteiger partial charge on any atom is -0.466 e. The Bertz CT molecular complexity index is 447. The maximum absolute atomic E-state index is 11.1. The summed E-state index contributed by atoms with van der Waals surface area (Å²) in [5, 5.41) is 9.84. The molecule has 0 radical (unpaired) electrons. The van der Waals surface area contributed by atoms with Crippen molar-refractivity contribution in [3.8, 4) is 0 Å². The topological polar surface area (TPSA) is 46.5 Å². The quantitative estimate of drug-likeness (QED) is 0.658. The molecule has 0 aliphatic rings. The van der Waals surface area contributed by atoms with Crippen molar-refractivity contribution in [3.63, 3.8) is 0 Å². The Labute approximate surface area is 108 Å². The third-order valence-electron chi connectivity index (χ3n) is 2.94. The number of aliphatic hydroxyl groups excluding tert-OH is 1. The zero-order chi connectivity index (χ0) is 13.7. The molecule has 0 aromatic heterocycles. The van der Waals surface area contributed by atoms with Gasteiger partial charge in [-0.1, -0.05) is 29.8 Å². The summed E-state index contributed by atoms with van der Waals surface area (Å²) in [6.07, 6.45) is 2.48. The van der Waals surface area contributed by atoms with Gasteiger partial charge in [0, 0.05) is 12.0 Å². The molecule has 0 aliphatic heterocycles. The predicted molar refractivity (Wildman–Crippen MR) is 71.5 cm³/mol. The number of hydrogen-bond donors (Lipinski definition) is 1. The Kier molecular flexibility index (Phi) is 5.10. The van der Waals surface area contributed by atoms with Crippen molar-refractivity contribution in [2.75, 3.05) is 7.11 Å². The van der Waals surface area contributed by atoms with Crippen LogP contribution in [0.25, 0.3) is 0 Å². The lowest BCUT2D eigenvalue weighted by molar-refractivity contribution is -0.134. The summed E-state index contributed by atoms with van der Waals surface area (Å²) in [7, 11) is 1.33. The average Bonchev–Trinajstić information content (AvgIpc) is 2.31. The molecular formula is C15H20O3. The van der Waals surface area contributed by atoms with Crippen LogP contribution in [0.4, 0.5) is 0 Å². The fraction of sp³-hybridized carbons (Fsp3) is 0.400. The molecule has 0 fully saturated rings. The number of carbonyl (C=O) groups excluding carboxylic acids is 1. The fourth-order valence-electron chi connectivity index (χ4n) is 1.97. The third-order valence-corrected chi connectivity index (χ3v) is 2.94. The molecule has 0 heterocycles. The zero-order valence-electron chi connectivity index (χ0n) is 11.3. The standard InChI is InChI=1S/C15H20O3/c1-10-5-6-13(11(2)9-10)14(12(3)16)7-8-15(17)18-4/h5-9,12,14,16H,1-4H3/b8-7+/t12-,14+/m0/s1. The molecule has 2 atom stereocenters. The average molecular weight is 248 g/mol. The van der Waals surface area contributed by atoms with Gasteiger partial charge in [0.15, 0.2) is 0 Å². The molecular weight excluding hydrogens is 228 g/mol. The van der Waals surface area contributed by atoms with Crippen LogP contribution in [-0.4, -0.2) is 24.3 Å². The van der Waals surface area contributed by atoms with Crippen LogP contribution >= 0.6 is 0 Å². The number of methoxy groups -OCH3 is 1. The molecule has 3 nitrogen and oxygen atoms in total. The van der Waals surface area contributed by atoms with E-state index >= 15 is 0 Å². The second kappa shape index (κ2) is 6.36. The molecule has 0 amide bonds. The van der Waals surface area contributed by atoms with Crippen molar-refractivity contribution in [1.29, 1.82) is 0 Å². The SMILES string of the molecule is COC(=O)/C=C/[C@@H](c1ccc(C)cc1C)[C@H](C)O. The lowest BCUT2D eigenvalue weighted by Crippen LogP contribution is -2.14. The van der Waals surface area contributed by atoms with Gasteiger partial charge < -0.3 is 9.84 Å². The minimum atomic E-state index is -0.563. The number of esters is 1. The molecule has 3 heteroatoms. The monoisotopic (exact) mass is 248 g/mol. The molecule has 0 aliphatic carbocycles. The van der Waals surface area contributed by atoms with Crippen LogP contribution in [0.1, 0.15) is 29.5 Å². The van der Waals surface area contributed by atoms with E-state index in [9.17, 15) is 9.90 Å². The molecule has 1 N–H and O–H groups in total. The third kappa shape index (κ3) is 3.70. The minimum absolute atomic E-state index is 0.204. The second-order valence-corrected chi connectivity index (χ2v) is 4.51. The molecule has 0 unspecified atom stereocenters. The van der Waals surface area contributed by atoms with Crippen LogP contribution in [0, 0.1) is 13.8 Å². The van der Waals surface area contributed by atoms with Gasteiger partial charge in [-0.2, -0.15) is 0 Å². The van der Waals surface area contributed by atoms with E-state index < -0.39 is 12.1 Å². The Morgan fingerprint density at radius 2 is 2.06 bits per heavy atom. The maximum atomic E-state index is 11.1. The molecule has 0 bridgehead atoms. The van der Waals surface area contributed by atoms with Gasteiger partial charge in [-0.15, -0.1) is 0 Å². The molecule has 0 saturated heterocycles. The largest absolute Gasteiger partial charge is 0.466 e. The first-order chi connectivity index (χ1) is 8.45. The van der Waals surface area contributed by atoms with Crippen molar-refractivity contribution in [3.05, 3.63) is 47.0 Å². The van der Waals surface area contributed by atoms with E-state index in [-0.39, 0.29) is 5.92 Å². The summed E-state index contributed by atoms with van der Waals surface area (Å²) < 4.78 is 4.56. The molecule has 1 rings (SSSR count). The highest BCUT2D eigenvalue weighted by molar-refractivity contribution is 5.81. The van der Waals surface area contributed by atoms with Gasteiger partial charge in [0.1, 0.15) is 0 Å². The fourth-order valence-corrected chi connectivity index (χ4v) is 1.97. The van der Waals surface area contributed by atoms with Crippen LogP contribution < -0.4 is 0 Å². The van der Waals surface area contributed by atoms with Gasteiger partial charge in [0.2, 0.25) is 0 Å². The number of ether oxygens (including phenoxy) is 1. The lowest BCUT2D eigenvalue weighted by Gasteiger charge is -2.19. The summed E-state index contributed by atoms with van der Waals surface area (Å²) in [5.74, 6) is -0.616. The highest BCUT2D eigenvalue weighted by Crippen LogP contribution is 2.25. The normalized spacial score (nSPS) is 14.5. The van der Waals surface area contributed by atoms with Crippen LogP contribution in [0.15, 0.2) is 30.4 Å². The van der Waals surface area contributed by atoms with E-state index in [0.29, 0.717) is 0 Å². The lowest BCUT2D eigenvalue weighted by atomic mass is 9.89. The first kappa shape index (κ1) is 14.5. The Morgan fingerprint density at radius 3 is 2.56 bits per heavy atom. The first-order valence-corrected chi connectivity index (χ1v) is 5.97. The second-order valence-electron chi connectivity index (χ2n) is 4.51. The van der Waals surface area contributed by atoms with Gasteiger partial charge in [0.05, 0.1) is 13.2 Å². The van der Waals surface area contributed by atoms with E-state index in [2.05, 4.69) is 10.8 Å². The highest BCUT2D eigenvalue weighted by Gasteiger charge is 2.16. The van der Waals surface area contributed by atoms with Gasteiger partial charge in [-0.05, 0) is 31.9 Å². The van der Waals surface area contributed by atoms with E-state index in [0.717, 1.165) is 11.1 Å². The summed E-state index contributed by atoms with van der Waals surface area (Å²) in [4.78, 5) is 11.1. The van der Waals surface area contributed by atoms with Gasteiger partial charge >= 0.3 is 5.97 Å². The number of carbonyl (C=O) groups is 1. The first-order valence-electron chi connectivity index (χ1n) is 5.97. The molecule has 18 heavy (non-hydrogen) atoms. The number of aliphatic hydroxyl groups is 1. The number of rotatable bonds is 4. The Balaban J connectivity index is 3.05. The Hall–Kier alpha value is -1.61. The number of benzene rings is 1. The van der Waals surface area contributed by atoms with Crippen molar-refractivity contribution < 1.29 is 14.6 Å². The van der Waals surface area contributed by atoms with E-state index in [1.165, 1.54) is 18.7 Å². The number of hydrogen-bond acceptors (Lipinski definition) is 3. The molecule has 0 spiro atoms. The van der Waals surface area contributed by atoms with E-state index in [1.54, 1.807) is 13.0 Å². The Morgan fingerprint density at radius 1 is 1.39 bits per heavy atom. The molecule has 1 aromatic carbocycles. The molecule has 1 aromatic rings. The number of aryl methyl sites for hydroxylation is 2. The van der Waals surface area contributed by atoms with Crippen LogP contribution in [0.2, 0.25) is 0 Å². The van der Waals surface area contributed by atoms with Gasteiger partial charge in [0.25, 0.3) is 0 Å². The van der Waals surface area contributed by atoms with Crippen molar-refractivity contribution >= 4 is 5.97 Å². The smallest absolute Gasteiger partial charge is 0.330 e. The summed E-state index contributed by atoms with van der Waals surface area (Å²) in [6.45, 7) is 5.74. The van der Waals surface area contributed by atoms with Crippen LogP contribution in [0.5, 0.6) is 0 Å². The maximum Gasteiger partial charge on any atom is 0.330 e. The van der Waals surface area contributed by atoms with Gasteiger partial charge in [-0.3, -0.25) is 0 Å². The van der Waals surface area contributed by atoms with Crippen molar-refractivity contribution in [2.45, 2.75) is 32.8 Å². The van der Waals surface area contributed by atoms with E-state index in [4.69, 9.17) is 0 Å². The molecule has 0 saturated carbocycles. The zero-order valence-corrected chi connectivity index (χ0v) is 11.3. The van der Waals surface area contributed by atoms with Crippen molar-refractivity contribution in [1.82, 2.24) is 0 Å². The van der Waals surface area contributed by atoms with Crippen LogP contribution in [-0.2, 0) is 9.53 Å². The predicted octanol–water partition coefficient (Wildman–Crippen LogP) is 2.50. The van der Waals surface area contributed by atoms with E-state index in [1.807, 2.05) is 26.0 Å². The highest BCUT2D eigenvalue weighted by atomic mass is 16.5. The van der Waals surface area contributed by atoms with Gasteiger partial charge in [-0.25, -0.2) is 4.79 Å². The van der Waals surface area contributed by atoms with Crippen molar-refractivity contribution in [2.24, 2.45) is 0 Å². The summed E-state index contributed by atoms with van der Waals surface area (Å²) in [5.41, 5.74) is 3.31. The molecule has 98 valence electrons. The summed E-state index contributed by atoms with van der Waals surface area (Å²) >= 11 is 0.